The Balaban J connectivity index is 2.32. The van der Waals surface area contributed by atoms with E-state index >= 15 is 0 Å². The molecule has 1 aliphatic carbocycles. The Morgan fingerprint density at radius 1 is 1.38 bits per heavy atom. The van der Waals surface area contributed by atoms with Crippen molar-refractivity contribution in [1.82, 2.24) is 4.90 Å². The summed E-state index contributed by atoms with van der Waals surface area (Å²) in [6.45, 7) is 7.76. The van der Waals surface area contributed by atoms with Crippen molar-refractivity contribution in [2.75, 3.05) is 19.6 Å². The summed E-state index contributed by atoms with van der Waals surface area (Å²) in [7, 11) is 0. The minimum atomic E-state index is 0.677. The Hall–Kier alpha value is -0.0800. The van der Waals surface area contributed by atoms with E-state index in [2.05, 4.69) is 18.7 Å². The van der Waals surface area contributed by atoms with Gasteiger partial charge in [0, 0.05) is 12.6 Å². The van der Waals surface area contributed by atoms with Crippen LogP contribution >= 0.6 is 0 Å². The van der Waals surface area contributed by atoms with E-state index < -0.39 is 0 Å². The van der Waals surface area contributed by atoms with Crippen LogP contribution in [0.1, 0.15) is 39.5 Å². The molecule has 1 atom stereocenters. The van der Waals surface area contributed by atoms with Gasteiger partial charge in [0.1, 0.15) is 0 Å². The highest BCUT2D eigenvalue weighted by Gasteiger charge is 2.33. The summed E-state index contributed by atoms with van der Waals surface area (Å²) in [5.74, 6) is 0.918. The van der Waals surface area contributed by atoms with Crippen LogP contribution in [-0.4, -0.2) is 30.6 Å². The smallest absolute Gasteiger partial charge is 0.0246 e. The van der Waals surface area contributed by atoms with E-state index in [0.717, 1.165) is 12.5 Å². The lowest BCUT2D eigenvalue weighted by Crippen LogP contribution is -2.42. The van der Waals surface area contributed by atoms with Gasteiger partial charge in [-0.1, -0.05) is 20.3 Å². The third-order valence-corrected chi connectivity index (χ3v) is 3.08. The molecule has 0 amide bonds. The first kappa shape index (κ1) is 11.0. The summed E-state index contributed by atoms with van der Waals surface area (Å²) in [5.41, 5.74) is 5.82. The molecule has 0 heterocycles. The Morgan fingerprint density at radius 3 is 2.46 bits per heavy atom. The standard InChI is InChI=1S/C11H24N2/c1-3-5-8-13(4-2)11(9-12)10-6-7-10/h10-11H,3-9,12H2,1-2H3. The van der Waals surface area contributed by atoms with Crippen LogP contribution in [0.25, 0.3) is 0 Å². The van der Waals surface area contributed by atoms with Crippen LogP contribution in [0.5, 0.6) is 0 Å². The summed E-state index contributed by atoms with van der Waals surface area (Å²) in [4.78, 5) is 2.57. The van der Waals surface area contributed by atoms with Crippen molar-refractivity contribution in [3.05, 3.63) is 0 Å². The van der Waals surface area contributed by atoms with E-state index in [0.29, 0.717) is 6.04 Å². The molecule has 0 aromatic rings. The molecule has 13 heavy (non-hydrogen) atoms. The maximum absolute atomic E-state index is 5.82. The first-order valence-electron chi connectivity index (χ1n) is 5.77. The van der Waals surface area contributed by atoms with E-state index in [-0.39, 0.29) is 0 Å². The lowest BCUT2D eigenvalue weighted by Gasteiger charge is -2.29. The number of unbranched alkanes of at least 4 members (excludes halogenated alkanes) is 1. The van der Waals surface area contributed by atoms with Gasteiger partial charge in [-0.3, -0.25) is 4.90 Å². The van der Waals surface area contributed by atoms with Crippen LogP contribution in [-0.2, 0) is 0 Å². The molecular formula is C11H24N2. The molecule has 0 aromatic heterocycles. The van der Waals surface area contributed by atoms with Gasteiger partial charge in [0.2, 0.25) is 0 Å². The van der Waals surface area contributed by atoms with Crippen molar-refractivity contribution in [2.45, 2.75) is 45.6 Å². The van der Waals surface area contributed by atoms with Crippen molar-refractivity contribution in [3.8, 4) is 0 Å². The fourth-order valence-corrected chi connectivity index (χ4v) is 2.04. The molecule has 1 unspecified atom stereocenters. The van der Waals surface area contributed by atoms with Gasteiger partial charge in [-0.25, -0.2) is 0 Å². The highest BCUT2D eigenvalue weighted by Crippen LogP contribution is 2.34. The molecule has 1 fully saturated rings. The van der Waals surface area contributed by atoms with Crippen LogP contribution in [0, 0.1) is 5.92 Å². The second-order valence-electron chi connectivity index (χ2n) is 4.12. The largest absolute Gasteiger partial charge is 0.329 e. The Morgan fingerprint density at radius 2 is 2.08 bits per heavy atom. The summed E-state index contributed by atoms with van der Waals surface area (Å²) < 4.78 is 0. The van der Waals surface area contributed by atoms with Crippen molar-refractivity contribution < 1.29 is 0 Å². The molecule has 0 spiro atoms. The quantitative estimate of drug-likeness (QED) is 0.654. The van der Waals surface area contributed by atoms with Crippen LogP contribution in [0.3, 0.4) is 0 Å². The molecule has 2 nitrogen and oxygen atoms in total. The third kappa shape index (κ3) is 3.28. The van der Waals surface area contributed by atoms with Crippen LogP contribution < -0.4 is 5.73 Å². The fraction of sp³-hybridized carbons (Fsp3) is 1.00. The zero-order valence-corrected chi connectivity index (χ0v) is 9.13. The number of rotatable bonds is 7. The monoisotopic (exact) mass is 184 g/mol. The van der Waals surface area contributed by atoms with E-state index in [4.69, 9.17) is 5.73 Å². The van der Waals surface area contributed by atoms with Crippen molar-refractivity contribution in [3.63, 3.8) is 0 Å². The van der Waals surface area contributed by atoms with Crippen LogP contribution in [0.15, 0.2) is 0 Å². The molecule has 0 bridgehead atoms. The van der Waals surface area contributed by atoms with Crippen molar-refractivity contribution >= 4 is 0 Å². The molecule has 0 radical (unpaired) electrons. The maximum Gasteiger partial charge on any atom is 0.0246 e. The summed E-state index contributed by atoms with van der Waals surface area (Å²) in [5, 5.41) is 0. The molecule has 2 N–H and O–H groups in total. The first-order valence-corrected chi connectivity index (χ1v) is 5.77. The molecule has 78 valence electrons. The molecule has 1 rings (SSSR count). The summed E-state index contributed by atoms with van der Waals surface area (Å²) in [6.07, 6.45) is 5.42. The first-order chi connectivity index (χ1) is 6.33. The number of nitrogens with two attached hydrogens (primary N) is 1. The summed E-state index contributed by atoms with van der Waals surface area (Å²) >= 11 is 0. The molecule has 0 aliphatic heterocycles. The predicted molar refractivity (Wildman–Crippen MR) is 57.7 cm³/mol. The molecule has 0 aromatic carbocycles. The molecule has 2 heteroatoms. The number of nitrogens with zero attached hydrogens (tertiary/aromatic N) is 1. The molecule has 1 saturated carbocycles. The second-order valence-corrected chi connectivity index (χ2v) is 4.12. The van der Waals surface area contributed by atoms with Gasteiger partial charge in [0.15, 0.2) is 0 Å². The van der Waals surface area contributed by atoms with Crippen LogP contribution in [0.4, 0.5) is 0 Å². The maximum atomic E-state index is 5.82. The van der Waals surface area contributed by atoms with Gasteiger partial charge in [0.25, 0.3) is 0 Å². The average molecular weight is 184 g/mol. The van der Waals surface area contributed by atoms with Crippen molar-refractivity contribution in [1.29, 1.82) is 0 Å². The van der Waals surface area contributed by atoms with Gasteiger partial charge in [0.05, 0.1) is 0 Å². The minimum absolute atomic E-state index is 0.677. The zero-order valence-electron chi connectivity index (χ0n) is 9.13. The van der Waals surface area contributed by atoms with Gasteiger partial charge in [-0.05, 0) is 38.3 Å². The predicted octanol–water partition coefficient (Wildman–Crippen LogP) is 1.85. The van der Waals surface area contributed by atoms with Gasteiger partial charge < -0.3 is 5.73 Å². The van der Waals surface area contributed by atoms with Gasteiger partial charge in [-0.15, -0.1) is 0 Å². The number of likely N-dealkylation sites (N-methyl/N-ethyl adjacent to an activating group) is 1. The highest BCUT2D eigenvalue weighted by molar-refractivity contribution is 4.88. The van der Waals surface area contributed by atoms with Crippen molar-refractivity contribution in [2.24, 2.45) is 11.7 Å². The molecule has 0 saturated heterocycles. The lowest BCUT2D eigenvalue weighted by atomic mass is 10.1. The third-order valence-electron chi connectivity index (χ3n) is 3.08. The van der Waals surface area contributed by atoms with E-state index in [9.17, 15) is 0 Å². The molecule has 1 aliphatic rings. The van der Waals surface area contributed by atoms with E-state index in [1.165, 1.54) is 38.8 Å². The van der Waals surface area contributed by atoms with E-state index in [1.54, 1.807) is 0 Å². The lowest BCUT2D eigenvalue weighted by molar-refractivity contribution is 0.187. The Labute approximate surface area is 82.5 Å². The Kier molecular flexibility index (Phi) is 4.74. The average Bonchev–Trinajstić information content (AvgIpc) is 2.95. The summed E-state index contributed by atoms with van der Waals surface area (Å²) in [6, 6.07) is 0.677. The highest BCUT2D eigenvalue weighted by atomic mass is 15.2. The fourth-order valence-electron chi connectivity index (χ4n) is 2.04. The SMILES string of the molecule is CCCCN(CC)C(CN)C1CC1. The van der Waals surface area contributed by atoms with Gasteiger partial charge >= 0.3 is 0 Å². The normalized spacial score (nSPS) is 19.4. The Bertz CT molecular complexity index is 132. The minimum Gasteiger partial charge on any atom is -0.329 e. The number of hydrogen-bond donors (Lipinski definition) is 1. The topological polar surface area (TPSA) is 29.3 Å². The van der Waals surface area contributed by atoms with Gasteiger partial charge in [-0.2, -0.15) is 0 Å². The second kappa shape index (κ2) is 5.61. The molecular weight excluding hydrogens is 160 g/mol. The van der Waals surface area contributed by atoms with Crippen LogP contribution in [0.2, 0.25) is 0 Å². The number of hydrogen-bond acceptors (Lipinski definition) is 2. The zero-order chi connectivity index (χ0) is 9.68. The van der Waals surface area contributed by atoms with E-state index in [1.807, 2.05) is 0 Å².